The smallest absolute Gasteiger partial charge is 0.314 e. The lowest BCUT2D eigenvalue weighted by atomic mass is 9.85. The fourth-order valence-electron chi connectivity index (χ4n) is 1.15. The predicted octanol–water partition coefficient (Wildman–Crippen LogP) is 2.08. The molecule has 0 bridgehead atoms. The fraction of sp³-hybridized carbons (Fsp3) is 0.909. The molecule has 1 unspecified atom stereocenters. The lowest BCUT2D eigenvalue weighted by Gasteiger charge is -2.27. The van der Waals surface area contributed by atoms with Crippen LogP contribution in [0.15, 0.2) is 0 Å². The summed E-state index contributed by atoms with van der Waals surface area (Å²) in [6, 6.07) is 0. The first-order valence-electron chi connectivity index (χ1n) is 5.39. The van der Waals surface area contributed by atoms with E-state index in [2.05, 4.69) is 6.92 Å². The third-order valence-electron chi connectivity index (χ3n) is 2.37. The van der Waals surface area contributed by atoms with Crippen molar-refractivity contribution in [1.82, 2.24) is 0 Å². The van der Waals surface area contributed by atoms with Crippen LogP contribution in [0.3, 0.4) is 0 Å². The van der Waals surface area contributed by atoms with E-state index in [4.69, 9.17) is 4.74 Å². The molecule has 0 rings (SSSR count). The molecule has 15 heavy (non-hydrogen) atoms. The maximum Gasteiger partial charge on any atom is 0.314 e. The Morgan fingerprint density at radius 2 is 2.07 bits per heavy atom. The van der Waals surface area contributed by atoms with Gasteiger partial charge in [0.05, 0.1) is 18.1 Å². The topological polar surface area (TPSA) is 46.5 Å². The molecule has 0 aliphatic rings. The van der Waals surface area contributed by atoms with Crippen LogP contribution in [0.4, 0.5) is 0 Å². The Kier molecular flexibility index (Phi) is 7.02. The first-order valence-corrected chi connectivity index (χ1v) is 6.55. The average Bonchev–Trinajstić information content (AvgIpc) is 2.18. The van der Waals surface area contributed by atoms with E-state index in [0.717, 1.165) is 11.5 Å². The first-order chi connectivity index (χ1) is 6.96. The van der Waals surface area contributed by atoms with Crippen molar-refractivity contribution in [1.29, 1.82) is 0 Å². The van der Waals surface area contributed by atoms with Crippen molar-refractivity contribution in [3.63, 3.8) is 0 Å². The van der Waals surface area contributed by atoms with Gasteiger partial charge in [-0.25, -0.2) is 0 Å². The Morgan fingerprint density at radius 1 is 1.47 bits per heavy atom. The van der Waals surface area contributed by atoms with E-state index < -0.39 is 11.5 Å². The first kappa shape index (κ1) is 14.8. The number of esters is 1. The number of hydrogen-bond acceptors (Lipinski definition) is 4. The summed E-state index contributed by atoms with van der Waals surface area (Å²) in [7, 11) is 0. The SMILES string of the molecule is CCOC(=O)C(C)(C)C(O)CCSCC. The van der Waals surface area contributed by atoms with E-state index in [9.17, 15) is 9.90 Å². The lowest BCUT2D eigenvalue weighted by Crippen LogP contribution is -2.39. The molecule has 0 aliphatic carbocycles. The molecule has 0 amide bonds. The predicted molar refractivity (Wildman–Crippen MR) is 64.0 cm³/mol. The van der Waals surface area contributed by atoms with Gasteiger partial charge in [0.15, 0.2) is 0 Å². The number of carbonyl (C=O) groups is 1. The molecule has 0 aromatic heterocycles. The van der Waals surface area contributed by atoms with Crippen LogP contribution in [0.2, 0.25) is 0 Å². The third kappa shape index (κ3) is 4.89. The van der Waals surface area contributed by atoms with E-state index in [1.807, 2.05) is 0 Å². The second-order valence-electron chi connectivity index (χ2n) is 3.94. The van der Waals surface area contributed by atoms with Gasteiger partial charge in [-0.05, 0) is 38.7 Å². The van der Waals surface area contributed by atoms with Gasteiger partial charge in [-0.1, -0.05) is 6.92 Å². The maximum absolute atomic E-state index is 11.5. The summed E-state index contributed by atoms with van der Waals surface area (Å²) in [5.41, 5.74) is -0.801. The van der Waals surface area contributed by atoms with Crippen molar-refractivity contribution in [2.24, 2.45) is 5.41 Å². The van der Waals surface area contributed by atoms with E-state index >= 15 is 0 Å². The van der Waals surface area contributed by atoms with Crippen LogP contribution in [-0.2, 0) is 9.53 Å². The van der Waals surface area contributed by atoms with Gasteiger partial charge in [0.25, 0.3) is 0 Å². The van der Waals surface area contributed by atoms with E-state index in [-0.39, 0.29) is 5.97 Å². The Hall–Kier alpha value is -0.220. The molecule has 0 aliphatic heterocycles. The Morgan fingerprint density at radius 3 is 2.53 bits per heavy atom. The largest absolute Gasteiger partial charge is 0.466 e. The molecule has 90 valence electrons. The van der Waals surface area contributed by atoms with Crippen molar-refractivity contribution in [2.45, 2.75) is 40.2 Å². The standard InChI is InChI=1S/C11H22O3S/c1-5-14-10(13)11(3,4)9(12)7-8-15-6-2/h9,12H,5-8H2,1-4H3. The summed E-state index contributed by atoms with van der Waals surface area (Å²) in [5.74, 6) is 1.59. The molecule has 1 atom stereocenters. The van der Waals surface area contributed by atoms with Gasteiger partial charge in [-0.2, -0.15) is 11.8 Å². The van der Waals surface area contributed by atoms with Gasteiger partial charge >= 0.3 is 5.97 Å². The van der Waals surface area contributed by atoms with Gasteiger partial charge in [-0.3, -0.25) is 4.79 Å². The van der Waals surface area contributed by atoms with Crippen LogP contribution in [-0.4, -0.2) is 35.3 Å². The van der Waals surface area contributed by atoms with Crippen LogP contribution in [0, 0.1) is 5.41 Å². The van der Waals surface area contributed by atoms with Gasteiger partial charge in [0.2, 0.25) is 0 Å². The van der Waals surface area contributed by atoms with Crippen molar-refractivity contribution in [3.05, 3.63) is 0 Å². The molecule has 4 heteroatoms. The Bertz CT molecular complexity index is 192. The zero-order valence-electron chi connectivity index (χ0n) is 10.1. The van der Waals surface area contributed by atoms with Crippen LogP contribution in [0.25, 0.3) is 0 Å². The van der Waals surface area contributed by atoms with Crippen LogP contribution < -0.4 is 0 Å². The quantitative estimate of drug-likeness (QED) is 0.541. The van der Waals surface area contributed by atoms with Crippen molar-refractivity contribution < 1.29 is 14.6 Å². The summed E-state index contributed by atoms with van der Waals surface area (Å²) in [6.07, 6.45) is 0.000213. The minimum Gasteiger partial charge on any atom is -0.466 e. The van der Waals surface area contributed by atoms with E-state index in [0.29, 0.717) is 13.0 Å². The number of aliphatic hydroxyl groups excluding tert-OH is 1. The Labute approximate surface area is 96.6 Å². The van der Waals surface area contributed by atoms with E-state index in [1.165, 1.54) is 0 Å². The highest BCUT2D eigenvalue weighted by atomic mass is 32.2. The summed E-state index contributed by atoms with van der Waals surface area (Å²) in [5, 5.41) is 9.89. The van der Waals surface area contributed by atoms with E-state index in [1.54, 1.807) is 32.5 Å². The normalized spacial score (nSPS) is 13.7. The maximum atomic E-state index is 11.5. The van der Waals surface area contributed by atoms with Gasteiger partial charge in [0.1, 0.15) is 0 Å². The molecule has 3 nitrogen and oxygen atoms in total. The summed E-state index contributed by atoms with van der Waals surface area (Å²) < 4.78 is 4.93. The molecule has 0 saturated heterocycles. The molecular weight excluding hydrogens is 212 g/mol. The number of rotatable bonds is 7. The third-order valence-corrected chi connectivity index (χ3v) is 3.31. The molecule has 0 saturated carbocycles. The molecule has 1 N–H and O–H groups in total. The molecule has 0 spiro atoms. The van der Waals surface area contributed by atoms with Crippen LogP contribution >= 0.6 is 11.8 Å². The van der Waals surface area contributed by atoms with Crippen LogP contribution in [0.5, 0.6) is 0 Å². The van der Waals surface area contributed by atoms with Gasteiger partial charge in [0, 0.05) is 0 Å². The monoisotopic (exact) mass is 234 g/mol. The molecule has 0 fully saturated rings. The molecule has 0 heterocycles. The highest BCUT2D eigenvalue weighted by Crippen LogP contribution is 2.25. The molecule has 0 aromatic rings. The average molecular weight is 234 g/mol. The summed E-state index contributed by atoms with van der Waals surface area (Å²) in [6.45, 7) is 7.66. The number of ether oxygens (including phenoxy) is 1. The fourth-order valence-corrected chi connectivity index (χ4v) is 1.83. The number of hydrogen-bond donors (Lipinski definition) is 1. The van der Waals surface area contributed by atoms with Crippen molar-refractivity contribution in [3.8, 4) is 0 Å². The van der Waals surface area contributed by atoms with Crippen molar-refractivity contribution >= 4 is 17.7 Å². The van der Waals surface area contributed by atoms with Crippen LogP contribution in [0.1, 0.15) is 34.1 Å². The highest BCUT2D eigenvalue weighted by Gasteiger charge is 2.36. The summed E-state index contributed by atoms with van der Waals surface area (Å²) >= 11 is 1.77. The molecule has 0 radical (unpaired) electrons. The highest BCUT2D eigenvalue weighted by molar-refractivity contribution is 7.99. The number of aliphatic hydroxyl groups is 1. The summed E-state index contributed by atoms with van der Waals surface area (Å²) in [4.78, 5) is 11.5. The van der Waals surface area contributed by atoms with Crippen molar-refractivity contribution in [2.75, 3.05) is 18.1 Å². The minimum atomic E-state index is -0.801. The number of carbonyl (C=O) groups excluding carboxylic acids is 1. The Balaban J connectivity index is 4.12. The zero-order valence-corrected chi connectivity index (χ0v) is 10.9. The van der Waals surface area contributed by atoms with Gasteiger partial charge in [-0.15, -0.1) is 0 Å². The second kappa shape index (κ2) is 7.12. The molecular formula is C11H22O3S. The minimum absolute atomic E-state index is 0.320. The molecule has 0 aromatic carbocycles. The zero-order chi connectivity index (χ0) is 11.9. The lowest BCUT2D eigenvalue weighted by molar-refractivity contribution is -0.160. The van der Waals surface area contributed by atoms with Gasteiger partial charge < -0.3 is 9.84 Å². The number of thioether (sulfide) groups is 1. The second-order valence-corrected chi connectivity index (χ2v) is 5.34.